The lowest BCUT2D eigenvalue weighted by Crippen LogP contribution is -2.45. The summed E-state index contributed by atoms with van der Waals surface area (Å²) >= 11 is 3.22. The van der Waals surface area contributed by atoms with Gasteiger partial charge in [-0.3, -0.25) is 10.1 Å². The van der Waals surface area contributed by atoms with Crippen molar-refractivity contribution in [3.05, 3.63) is 34.1 Å². The molecule has 0 aromatic heterocycles. The molecule has 2 atom stereocenters. The molecule has 0 aliphatic heterocycles. The van der Waals surface area contributed by atoms with Crippen LogP contribution in [0.5, 0.6) is 0 Å². The second-order valence-electron chi connectivity index (χ2n) is 4.94. The largest absolute Gasteiger partial charge is 0.353 e. The number of rotatable bonds is 5. The number of nitrogens with one attached hydrogen (secondary N) is 2. The molecule has 1 rings (SSSR count). The molecule has 0 saturated heterocycles. The van der Waals surface area contributed by atoms with Gasteiger partial charge in [0.15, 0.2) is 0 Å². The first kappa shape index (κ1) is 16.1. The SMILES string of the molecule is CC(C)NC(=O)C(C)NC(C)c1ccc(Br)cc1F. The zero-order valence-corrected chi connectivity index (χ0v) is 13.2. The van der Waals surface area contributed by atoms with Crippen molar-refractivity contribution in [3.63, 3.8) is 0 Å². The topological polar surface area (TPSA) is 41.1 Å². The van der Waals surface area contributed by atoms with Gasteiger partial charge in [0.2, 0.25) is 5.91 Å². The van der Waals surface area contributed by atoms with Crippen LogP contribution in [0.3, 0.4) is 0 Å². The highest BCUT2D eigenvalue weighted by atomic mass is 79.9. The Kier molecular flexibility index (Phi) is 5.94. The second-order valence-corrected chi connectivity index (χ2v) is 5.85. The molecule has 0 bridgehead atoms. The molecule has 3 nitrogen and oxygen atoms in total. The van der Waals surface area contributed by atoms with Crippen molar-refractivity contribution < 1.29 is 9.18 Å². The van der Waals surface area contributed by atoms with Gasteiger partial charge in [0.25, 0.3) is 0 Å². The summed E-state index contributed by atoms with van der Waals surface area (Å²) in [4.78, 5) is 11.8. The zero-order chi connectivity index (χ0) is 14.6. The minimum Gasteiger partial charge on any atom is -0.353 e. The highest BCUT2D eigenvalue weighted by Crippen LogP contribution is 2.21. The Labute approximate surface area is 122 Å². The first-order chi connectivity index (χ1) is 8.81. The molecule has 106 valence electrons. The molecule has 0 radical (unpaired) electrons. The second kappa shape index (κ2) is 7.01. The lowest BCUT2D eigenvalue weighted by Gasteiger charge is -2.21. The Morgan fingerprint density at radius 3 is 2.42 bits per heavy atom. The highest BCUT2D eigenvalue weighted by molar-refractivity contribution is 9.10. The van der Waals surface area contributed by atoms with E-state index in [2.05, 4.69) is 26.6 Å². The fourth-order valence-electron chi connectivity index (χ4n) is 1.80. The van der Waals surface area contributed by atoms with Crippen LogP contribution in [0.25, 0.3) is 0 Å². The van der Waals surface area contributed by atoms with Gasteiger partial charge in [-0.25, -0.2) is 4.39 Å². The van der Waals surface area contributed by atoms with Gasteiger partial charge in [0.05, 0.1) is 6.04 Å². The molecule has 1 aromatic carbocycles. The van der Waals surface area contributed by atoms with Gasteiger partial charge in [0, 0.05) is 22.1 Å². The van der Waals surface area contributed by atoms with Crippen LogP contribution >= 0.6 is 15.9 Å². The molecule has 5 heteroatoms. The summed E-state index contributed by atoms with van der Waals surface area (Å²) in [5, 5.41) is 5.91. The average molecular weight is 331 g/mol. The van der Waals surface area contributed by atoms with Crippen LogP contribution in [-0.4, -0.2) is 18.0 Å². The maximum atomic E-state index is 13.8. The summed E-state index contributed by atoms with van der Waals surface area (Å²) in [5.41, 5.74) is 0.549. The Morgan fingerprint density at radius 1 is 1.26 bits per heavy atom. The van der Waals surface area contributed by atoms with Crippen LogP contribution in [0.15, 0.2) is 22.7 Å². The fourth-order valence-corrected chi connectivity index (χ4v) is 2.14. The van der Waals surface area contributed by atoms with E-state index in [1.807, 2.05) is 20.8 Å². The lowest BCUT2D eigenvalue weighted by molar-refractivity contribution is -0.123. The van der Waals surface area contributed by atoms with E-state index < -0.39 is 0 Å². The van der Waals surface area contributed by atoms with Crippen LogP contribution in [0.4, 0.5) is 4.39 Å². The number of hydrogen-bond acceptors (Lipinski definition) is 2. The normalized spacial score (nSPS) is 14.3. The summed E-state index contributed by atoms with van der Waals surface area (Å²) < 4.78 is 14.5. The number of hydrogen-bond donors (Lipinski definition) is 2. The molecule has 1 amide bonds. The highest BCUT2D eigenvalue weighted by Gasteiger charge is 2.18. The maximum absolute atomic E-state index is 13.8. The Morgan fingerprint density at radius 2 is 1.89 bits per heavy atom. The molecule has 0 saturated carbocycles. The van der Waals surface area contributed by atoms with Gasteiger partial charge in [-0.15, -0.1) is 0 Å². The molecule has 0 heterocycles. The smallest absolute Gasteiger partial charge is 0.237 e. The standard InChI is InChI=1S/C14H20BrFN2O/c1-8(2)17-14(19)10(4)18-9(3)12-6-5-11(15)7-13(12)16/h5-10,18H,1-4H3,(H,17,19). The first-order valence-corrected chi connectivity index (χ1v) is 7.12. The number of carbonyl (C=O) groups excluding carboxylic acids is 1. The van der Waals surface area contributed by atoms with Gasteiger partial charge in [-0.2, -0.15) is 0 Å². The van der Waals surface area contributed by atoms with Gasteiger partial charge in [0.1, 0.15) is 5.82 Å². The third-order valence-electron chi connectivity index (χ3n) is 2.75. The van der Waals surface area contributed by atoms with E-state index >= 15 is 0 Å². The lowest BCUT2D eigenvalue weighted by atomic mass is 10.1. The summed E-state index contributed by atoms with van der Waals surface area (Å²) in [6.45, 7) is 7.42. The van der Waals surface area contributed by atoms with E-state index in [9.17, 15) is 9.18 Å². The van der Waals surface area contributed by atoms with Crippen molar-refractivity contribution in [1.82, 2.24) is 10.6 Å². The van der Waals surface area contributed by atoms with Crippen LogP contribution in [0.2, 0.25) is 0 Å². The molecule has 0 fully saturated rings. The number of carbonyl (C=O) groups is 1. The third-order valence-corrected chi connectivity index (χ3v) is 3.25. The summed E-state index contributed by atoms with van der Waals surface area (Å²) in [7, 11) is 0. The van der Waals surface area contributed by atoms with Crippen molar-refractivity contribution in [1.29, 1.82) is 0 Å². The Balaban J connectivity index is 2.68. The molecule has 0 aliphatic rings. The third kappa shape index (κ3) is 4.91. The molecule has 19 heavy (non-hydrogen) atoms. The van der Waals surface area contributed by atoms with Gasteiger partial charge >= 0.3 is 0 Å². The minimum absolute atomic E-state index is 0.0839. The molecule has 1 aromatic rings. The molecule has 0 spiro atoms. The van der Waals surface area contributed by atoms with Gasteiger partial charge in [-0.1, -0.05) is 22.0 Å². The van der Waals surface area contributed by atoms with E-state index in [1.165, 1.54) is 6.07 Å². The summed E-state index contributed by atoms with van der Waals surface area (Å²) in [6.07, 6.45) is 0. The van der Waals surface area contributed by atoms with E-state index in [0.717, 1.165) is 0 Å². The molecular weight excluding hydrogens is 311 g/mol. The predicted molar refractivity (Wildman–Crippen MR) is 78.4 cm³/mol. The van der Waals surface area contributed by atoms with E-state index in [1.54, 1.807) is 19.1 Å². The Bertz CT molecular complexity index is 451. The fraction of sp³-hybridized carbons (Fsp3) is 0.500. The molecule has 0 aliphatic carbocycles. The van der Waals surface area contributed by atoms with Crippen LogP contribution in [0.1, 0.15) is 39.3 Å². The number of amides is 1. The van der Waals surface area contributed by atoms with Crippen molar-refractivity contribution >= 4 is 21.8 Å². The van der Waals surface area contributed by atoms with Gasteiger partial charge < -0.3 is 5.32 Å². The van der Waals surface area contributed by atoms with Crippen LogP contribution < -0.4 is 10.6 Å². The van der Waals surface area contributed by atoms with Crippen molar-refractivity contribution in [3.8, 4) is 0 Å². The van der Waals surface area contributed by atoms with E-state index in [4.69, 9.17) is 0 Å². The van der Waals surface area contributed by atoms with Crippen molar-refractivity contribution in [2.24, 2.45) is 0 Å². The van der Waals surface area contributed by atoms with Crippen molar-refractivity contribution in [2.45, 2.75) is 45.8 Å². The molecule has 2 N–H and O–H groups in total. The van der Waals surface area contributed by atoms with E-state index in [0.29, 0.717) is 10.0 Å². The summed E-state index contributed by atoms with van der Waals surface area (Å²) in [6, 6.07) is 4.41. The predicted octanol–water partition coefficient (Wildman–Crippen LogP) is 3.15. The maximum Gasteiger partial charge on any atom is 0.237 e. The minimum atomic E-state index is -0.375. The number of benzene rings is 1. The Hall–Kier alpha value is -0.940. The zero-order valence-electron chi connectivity index (χ0n) is 11.6. The molecule has 2 unspecified atom stereocenters. The molecular formula is C14H20BrFN2O. The quantitative estimate of drug-likeness (QED) is 0.870. The first-order valence-electron chi connectivity index (χ1n) is 6.32. The van der Waals surface area contributed by atoms with Crippen LogP contribution in [-0.2, 0) is 4.79 Å². The monoisotopic (exact) mass is 330 g/mol. The van der Waals surface area contributed by atoms with Gasteiger partial charge in [-0.05, 0) is 39.8 Å². The van der Waals surface area contributed by atoms with Crippen molar-refractivity contribution in [2.75, 3.05) is 0 Å². The van der Waals surface area contributed by atoms with E-state index in [-0.39, 0.29) is 29.8 Å². The number of halogens is 2. The summed E-state index contributed by atoms with van der Waals surface area (Å²) in [5.74, 6) is -0.370. The average Bonchev–Trinajstić information content (AvgIpc) is 2.27. The van der Waals surface area contributed by atoms with Crippen LogP contribution in [0, 0.1) is 5.82 Å².